The monoisotopic (exact) mass is 247 g/mol. The lowest BCUT2D eigenvalue weighted by Crippen LogP contribution is -2.17. The third kappa shape index (κ3) is 3.56. The lowest BCUT2D eigenvalue weighted by atomic mass is 10.1. The van der Waals surface area contributed by atoms with Gasteiger partial charge < -0.3 is 15.0 Å². The zero-order valence-corrected chi connectivity index (χ0v) is 10.6. The van der Waals surface area contributed by atoms with Crippen molar-refractivity contribution in [2.75, 3.05) is 0 Å². The molecule has 0 radical (unpaired) electrons. The van der Waals surface area contributed by atoms with Gasteiger partial charge in [0, 0.05) is 6.04 Å². The van der Waals surface area contributed by atoms with Crippen LogP contribution in [0.1, 0.15) is 24.2 Å². The van der Waals surface area contributed by atoms with Gasteiger partial charge in [-0.3, -0.25) is 0 Å². The summed E-state index contributed by atoms with van der Waals surface area (Å²) < 4.78 is 10.5. The summed E-state index contributed by atoms with van der Waals surface area (Å²) in [7, 11) is 0. The third-order valence-corrected chi connectivity index (χ3v) is 2.41. The summed E-state index contributed by atoms with van der Waals surface area (Å²) in [5.74, 6) is 1.87. The standard InChI is InChI=1S/C13H17N3O2/c1-9(14)7-11-3-5-12(6-4-11)17-8-13-15-10(2)16-18-13/h3-6,9H,7-8,14H2,1-2H3. The molecule has 1 heterocycles. The molecule has 0 saturated heterocycles. The predicted molar refractivity (Wildman–Crippen MR) is 67.2 cm³/mol. The maximum atomic E-state index is 5.74. The van der Waals surface area contributed by atoms with Gasteiger partial charge >= 0.3 is 0 Å². The molecule has 96 valence electrons. The van der Waals surface area contributed by atoms with Crippen LogP contribution in [-0.4, -0.2) is 16.2 Å². The van der Waals surface area contributed by atoms with Gasteiger partial charge in [-0.15, -0.1) is 0 Å². The van der Waals surface area contributed by atoms with Gasteiger partial charge in [-0.05, 0) is 38.0 Å². The zero-order valence-electron chi connectivity index (χ0n) is 10.6. The van der Waals surface area contributed by atoms with Crippen LogP contribution >= 0.6 is 0 Å². The van der Waals surface area contributed by atoms with Gasteiger partial charge in [0.25, 0.3) is 5.89 Å². The van der Waals surface area contributed by atoms with E-state index in [1.165, 1.54) is 5.56 Å². The minimum atomic E-state index is 0.165. The van der Waals surface area contributed by atoms with Crippen molar-refractivity contribution in [2.24, 2.45) is 5.73 Å². The molecule has 1 aromatic heterocycles. The Morgan fingerprint density at radius 1 is 1.33 bits per heavy atom. The average molecular weight is 247 g/mol. The van der Waals surface area contributed by atoms with Crippen LogP contribution in [0.15, 0.2) is 28.8 Å². The van der Waals surface area contributed by atoms with Crippen LogP contribution in [0.25, 0.3) is 0 Å². The van der Waals surface area contributed by atoms with Crippen LogP contribution < -0.4 is 10.5 Å². The van der Waals surface area contributed by atoms with E-state index in [1.54, 1.807) is 6.92 Å². The van der Waals surface area contributed by atoms with E-state index in [9.17, 15) is 0 Å². The van der Waals surface area contributed by atoms with E-state index in [4.69, 9.17) is 15.0 Å². The van der Waals surface area contributed by atoms with E-state index in [2.05, 4.69) is 10.1 Å². The molecule has 18 heavy (non-hydrogen) atoms. The second kappa shape index (κ2) is 5.64. The Morgan fingerprint density at radius 3 is 2.61 bits per heavy atom. The van der Waals surface area contributed by atoms with Gasteiger partial charge in [0.1, 0.15) is 5.75 Å². The molecule has 0 amide bonds. The van der Waals surface area contributed by atoms with Crippen LogP contribution in [0.4, 0.5) is 0 Å². The number of nitrogens with two attached hydrogens (primary N) is 1. The fourth-order valence-electron chi connectivity index (χ4n) is 1.64. The molecule has 5 nitrogen and oxygen atoms in total. The Bertz CT molecular complexity index is 491. The van der Waals surface area contributed by atoms with E-state index in [-0.39, 0.29) is 12.6 Å². The number of ether oxygens (including phenoxy) is 1. The van der Waals surface area contributed by atoms with Crippen molar-refractivity contribution in [3.63, 3.8) is 0 Å². The number of nitrogens with zero attached hydrogens (tertiary/aromatic N) is 2. The molecule has 2 N–H and O–H groups in total. The molecule has 0 aliphatic heterocycles. The van der Waals surface area contributed by atoms with E-state index in [0.717, 1.165) is 12.2 Å². The maximum absolute atomic E-state index is 5.74. The molecule has 2 aromatic rings. The highest BCUT2D eigenvalue weighted by molar-refractivity contribution is 5.27. The van der Waals surface area contributed by atoms with Gasteiger partial charge in [-0.2, -0.15) is 4.98 Å². The number of hydrogen-bond acceptors (Lipinski definition) is 5. The molecule has 0 bridgehead atoms. The van der Waals surface area contributed by atoms with Crippen molar-refractivity contribution in [1.29, 1.82) is 0 Å². The van der Waals surface area contributed by atoms with Crippen LogP contribution in [0, 0.1) is 6.92 Å². The lowest BCUT2D eigenvalue weighted by molar-refractivity contribution is 0.242. The highest BCUT2D eigenvalue weighted by atomic mass is 16.5. The third-order valence-electron chi connectivity index (χ3n) is 2.41. The Balaban J connectivity index is 1.90. The van der Waals surface area contributed by atoms with E-state index in [0.29, 0.717) is 11.7 Å². The molecule has 0 fully saturated rings. The SMILES string of the molecule is Cc1noc(COc2ccc(CC(C)N)cc2)n1. The van der Waals surface area contributed by atoms with Gasteiger partial charge in [0.05, 0.1) is 0 Å². The summed E-state index contributed by atoms with van der Waals surface area (Å²) in [5.41, 5.74) is 6.94. The van der Waals surface area contributed by atoms with Crippen molar-refractivity contribution < 1.29 is 9.26 Å². The summed E-state index contributed by atoms with van der Waals surface area (Å²) in [6.07, 6.45) is 0.864. The molecule has 2 rings (SSSR count). The number of benzene rings is 1. The van der Waals surface area contributed by atoms with Crippen molar-refractivity contribution in [3.8, 4) is 5.75 Å². The Morgan fingerprint density at radius 2 is 2.06 bits per heavy atom. The number of rotatable bonds is 5. The van der Waals surface area contributed by atoms with E-state index >= 15 is 0 Å². The second-order valence-electron chi connectivity index (χ2n) is 4.35. The lowest BCUT2D eigenvalue weighted by Gasteiger charge is -2.07. The predicted octanol–water partition coefficient (Wildman–Crippen LogP) is 1.85. The number of aryl methyl sites for hydroxylation is 1. The molecule has 0 saturated carbocycles. The normalized spacial score (nSPS) is 12.4. The van der Waals surface area contributed by atoms with Crippen molar-refractivity contribution in [2.45, 2.75) is 32.9 Å². The zero-order chi connectivity index (χ0) is 13.0. The Kier molecular flexibility index (Phi) is 3.94. The molecular formula is C13H17N3O2. The van der Waals surface area contributed by atoms with E-state index < -0.39 is 0 Å². The first-order valence-electron chi connectivity index (χ1n) is 5.90. The molecule has 1 unspecified atom stereocenters. The van der Waals surface area contributed by atoms with Gasteiger partial charge in [0.2, 0.25) is 0 Å². The minimum absolute atomic E-state index is 0.165. The molecule has 0 spiro atoms. The Labute approximate surface area is 106 Å². The average Bonchev–Trinajstić information content (AvgIpc) is 2.74. The van der Waals surface area contributed by atoms with Crippen LogP contribution in [0.2, 0.25) is 0 Å². The fourth-order valence-corrected chi connectivity index (χ4v) is 1.64. The fraction of sp³-hybridized carbons (Fsp3) is 0.385. The quantitative estimate of drug-likeness (QED) is 0.872. The first-order valence-corrected chi connectivity index (χ1v) is 5.90. The minimum Gasteiger partial charge on any atom is -0.484 e. The number of aromatic nitrogens is 2. The molecule has 0 aliphatic carbocycles. The molecule has 1 aromatic carbocycles. The van der Waals surface area contributed by atoms with Crippen LogP contribution in [0.5, 0.6) is 5.75 Å². The van der Waals surface area contributed by atoms with Crippen molar-refractivity contribution >= 4 is 0 Å². The maximum Gasteiger partial charge on any atom is 0.264 e. The number of hydrogen-bond donors (Lipinski definition) is 1. The molecule has 0 aliphatic rings. The first-order chi connectivity index (χ1) is 8.63. The van der Waals surface area contributed by atoms with Crippen LogP contribution in [0.3, 0.4) is 0 Å². The Hall–Kier alpha value is -1.88. The topological polar surface area (TPSA) is 74.2 Å². The molecular weight excluding hydrogens is 230 g/mol. The summed E-state index contributed by atoms with van der Waals surface area (Å²) in [6.45, 7) is 4.05. The summed E-state index contributed by atoms with van der Waals surface area (Å²) >= 11 is 0. The first kappa shape index (κ1) is 12.6. The second-order valence-corrected chi connectivity index (χ2v) is 4.35. The highest BCUT2D eigenvalue weighted by Crippen LogP contribution is 2.14. The molecule has 1 atom stereocenters. The van der Waals surface area contributed by atoms with Gasteiger partial charge in [-0.1, -0.05) is 17.3 Å². The summed E-state index contributed by atoms with van der Waals surface area (Å²) in [6, 6.07) is 8.02. The summed E-state index contributed by atoms with van der Waals surface area (Å²) in [5, 5.41) is 3.70. The smallest absolute Gasteiger partial charge is 0.264 e. The largest absolute Gasteiger partial charge is 0.484 e. The molecule has 5 heteroatoms. The van der Waals surface area contributed by atoms with Crippen LogP contribution in [-0.2, 0) is 13.0 Å². The van der Waals surface area contributed by atoms with Gasteiger partial charge in [-0.25, -0.2) is 0 Å². The van der Waals surface area contributed by atoms with Crippen molar-refractivity contribution in [3.05, 3.63) is 41.5 Å². The summed E-state index contributed by atoms with van der Waals surface area (Å²) in [4.78, 5) is 4.06. The van der Waals surface area contributed by atoms with Gasteiger partial charge in [0.15, 0.2) is 12.4 Å². The highest BCUT2D eigenvalue weighted by Gasteiger charge is 2.04. The van der Waals surface area contributed by atoms with Crippen molar-refractivity contribution in [1.82, 2.24) is 10.1 Å². The van der Waals surface area contributed by atoms with E-state index in [1.807, 2.05) is 31.2 Å².